The molecule has 120 valence electrons. The van der Waals surface area contributed by atoms with Crippen LogP contribution in [0.5, 0.6) is 0 Å². The molecule has 20 heavy (non-hydrogen) atoms. The van der Waals surface area contributed by atoms with Crippen molar-refractivity contribution in [2.24, 2.45) is 11.7 Å². The van der Waals surface area contributed by atoms with Crippen LogP contribution in [0.4, 0.5) is 0 Å². The van der Waals surface area contributed by atoms with Crippen LogP contribution in [-0.4, -0.2) is 35.2 Å². The molecule has 0 radical (unpaired) electrons. The highest BCUT2D eigenvalue weighted by molar-refractivity contribution is 6.63. The first-order valence-electron chi connectivity index (χ1n) is 7.77. The Morgan fingerprint density at radius 2 is 1.50 bits per heavy atom. The van der Waals surface area contributed by atoms with E-state index in [0.717, 1.165) is 6.42 Å². The van der Waals surface area contributed by atoms with E-state index in [1.165, 1.54) is 5.57 Å². The van der Waals surface area contributed by atoms with E-state index in [9.17, 15) is 0 Å². The third kappa shape index (κ3) is 5.66. The lowest BCUT2D eigenvalue weighted by atomic mass is 10.0. The minimum Gasteiger partial charge on any atom is -0.373 e. The van der Waals surface area contributed by atoms with Crippen LogP contribution in [-0.2, 0) is 13.3 Å². The second-order valence-corrected chi connectivity index (χ2v) is 7.84. The van der Waals surface area contributed by atoms with E-state index >= 15 is 0 Å². The predicted molar refractivity (Wildman–Crippen MR) is 86.6 cm³/mol. The van der Waals surface area contributed by atoms with Crippen LogP contribution in [0.3, 0.4) is 0 Å². The van der Waals surface area contributed by atoms with Gasteiger partial charge in [-0.25, -0.2) is 0 Å². The van der Waals surface area contributed by atoms with Gasteiger partial charge >= 0.3 is 8.80 Å². The molecule has 0 aliphatic carbocycles. The second-order valence-electron chi connectivity index (χ2n) is 5.15. The van der Waals surface area contributed by atoms with E-state index in [0.29, 0.717) is 32.3 Å². The summed E-state index contributed by atoms with van der Waals surface area (Å²) >= 11 is 0. The molecule has 0 amide bonds. The molecule has 0 fully saturated rings. The summed E-state index contributed by atoms with van der Waals surface area (Å²) in [4.78, 5) is 0. The highest BCUT2D eigenvalue weighted by atomic mass is 28.4. The first-order chi connectivity index (χ1) is 9.48. The highest BCUT2D eigenvalue weighted by Crippen LogP contribution is 2.39. The number of hydrogen-bond acceptors (Lipinski definition) is 4. The van der Waals surface area contributed by atoms with Crippen LogP contribution in [0.25, 0.3) is 0 Å². The molecule has 0 bridgehead atoms. The van der Waals surface area contributed by atoms with E-state index in [-0.39, 0.29) is 5.54 Å². The van der Waals surface area contributed by atoms with Gasteiger partial charge in [0.05, 0.1) is 5.54 Å². The number of nitrogens with two attached hydrogens (primary N) is 1. The molecule has 0 saturated carbocycles. The van der Waals surface area contributed by atoms with Gasteiger partial charge in [0.25, 0.3) is 0 Å². The van der Waals surface area contributed by atoms with Gasteiger partial charge in [-0.3, -0.25) is 0 Å². The normalized spacial score (nSPS) is 14.9. The fourth-order valence-electron chi connectivity index (χ4n) is 2.65. The number of hydrogen-bond donors (Lipinski definition) is 1. The van der Waals surface area contributed by atoms with Crippen LogP contribution in [0.15, 0.2) is 11.6 Å². The first-order valence-corrected chi connectivity index (χ1v) is 9.57. The molecule has 1 atom stereocenters. The third-order valence-electron chi connectivity index (χ3n) is 3.21. The van der Waals surface area contributed by atoms with Crippen molar-refractivity contribution in [2.75, 3.05) is 26.4 Å². The molecule has 0 aliphatic rings. The Hall–Kier alpha value is -0.203. The molecule has 0 heterocycles. The SMILES string of the molecule is CCO[Si](OCC)(OCC)C(C(C)=CCCN)C(C)C. The minimum absolute atomic E-state index is 0.189. The standard InChI is InChI=1S/C15H33NO3Si/c1-7-17-20(18-8-2,19-9-3)15(13(4)5)14(6)11-10-12-16/h11,13,15H,7-10,12,16H2,1-6H3. The fourth-order valence-corrected chi connectivity index (χ4v) is 6.14. The van der Waals surface area contributed by atoms with Crippen molar-refractivity contribution in [3.8, 4) is 0 Å². The van der Waals surface area contributed by atoms with Crippen LogP contribution in [0.1, 0.15) is 48.0 Å². The third-order valence-corrected chi connectivity index (χ3v) is 7.16. The molecule has 2 N–H and O–H groups in total. The molecule has 4 nitrogen and oxygen atoms in total. The molecule has 5 heteroatoms. The quantitative estimate of drug-likeness (QED) is 0.470. The molecule has 0 aromatic carbocycles. The van der Waals surface area contributed by atoms with Crippen LogP contribution >= 0.6 is 0 Å². The lowest BCUT2D eigenvalue weighted by molar-refractivity contribution is 0.0596. The molecule has 0 spiro atoms. The molecule has 0 aromatic heterocycles. The minimum atomic E-state index is -2.71. The fraction of sp³-hybridized carbons (Fsp3) is 0.867. The summed E-state index contributed by atoms with van der Waals surface area (Å²) in [5, 5.41) is 0. The van der Waals surface area contributed by atoms with E-state index in [1.54, 1.807) is 0 Å². The van der Waals surface area contributed by atoms with Crippen molar-refractivity contribution in [2.45, 2.75) is 53.5 Å². The second kappa shape index (κ2) is 10.5. The summed E-state index contributed by atoms with van der Waals surface area (Å²) < 4.78 is 18.2. The van der Waals surface area contributed by atoms with E-state index in [4.69, 9.17) is 19.0 Å². The van der Waals surface area contributed by atoms with Crippen molar-refractivity contribution >= 4 is 8.80 Å². The van der Waals surface area contributed by atoms with Crippen LogP contribution in [0.2, 0.25) is 5.54 Å². The van der Waals surface area contributed by atoms with Gasteiger partial charge in [0.15, 0.2) is 0 Å². The van der Waals surface area contributed by atoms with Crippen molar-refractivity contribution in [3.05, 3.63) is 11.6 Å². The monoisotopic (exact) mass is 303 g/mol. The highest BCUT2D eigenvalue weighted by Gasteiger charge is 2.51. The van der Waals surface area contributed by atoms with Gasteiger partial charge in [-0.05, 0) is 46.6 Å². The zero-order chi connectivity index (χ0) is 15.6. The maximum Gasteiger partial charge on any atom is 0.508 e. The maximum atomic E-state index is 6.06. The van der Waals surface area contributed by atoms with Gasteiger partial charge in [0, 0.05) is 19.8 Å². The summed E-state index contributed by atoms with van der Waals surface area (Å²) in [6.45, 7) is 15.0. The Morgan fingerprint density at radius 1 is 1.05 bits per heavy atom. The van der Waals surface area contributed by atoms with Gasteiger partial charge in [-0.1, -0.05) is 25.5 Å². The summed E-state index contributed by atoms with van der Waals surface area (Å²) in [5.41, 5.74) is 7.07. The molecule has 0 rings (SSSR count). The Balaban J connectivity index is 5.48. The number of allylic oxidation sites excluding steroid dienone is 1. The molecule has 0 saturated heterocycles. The van der Waals surface area contributed by atoms with E-state index in [1.807, 2.05) is 20.8 Å². The largest absolute Gasteiger partial charge is 0.508 e. The van der Waals surface area contributed by atoms with Crippen molar-refractivity contribution in [3.63, 3.8) is 0 Å². The lowest BCUT2D eigenvalue weighted by Crippen LogP contribution is -2.52. The Bertz CT molecular complexity index is 265. The average molecular weight is 304 g/mol. The van der Waals surface area contributed by atoms with Gasteiger partial charge < -0.3 is 19.0 Å². The molecular weight excluding hydrogens is 270 g/mol. The average Bonchev–Trinajstić information content (AvgIpc) is 2.37. The molecule has 0 aromatic rings. The molecular formula is C15H33NO3Si. The van der Waals surface area contributed by atoms with E-state index < -0.39 is 8.80 Å². The summed E-state index contributed by atoms with van der Waals surface area (Å²) in [6, 6.07) is 0. The zero-order valence-corrected chi connectivity index (χ0v) is 15.1. The molecule has 0 aliphatic heterocycles. The first kappa shape index (κ1) is 19.8. The van der Waals surface area contributed by atoms with Gasteiger partial charge in [-0.2, -0.15) is 0 Å². The van der Waals surface area contributed by atoms with Gasteiger partial charge in [0.1, 0.15) is 0 Å². The van der Waals surface area contributed by atoms with Crippen LogP contribution in [0, 0.1) is 5.92 Å². The maximum absolute atomic E-state index is 6.06. The Kier molecular flexibility index (Phi) is 10.4. The summed E-state index contributed by atoms with van der Waals surface area (Å²) in [5.74, 6) is 0.403. The van der Waals surface area contributed by atoms with Gasteiger partial charge in [-0.15, -0.1) is 0 Å². The van der Waals surface area contributed by atoms with Crippen molar-refractivity contribution in [1.29, 1.82) is 0 Å². The molecule has 1 unspecified atom stereocenters. The summed E-state index contributed by atoms with van der Waals surface area (Å²) in [7, 11) is -2.71. The van der Waals surface area contributed by atoms with E-state index in [2.05, 4.69) is 26.8 Å². The smallest absolute Gasteiger partial charge is 0.373 e. The van der Waals surface area contributed by atoms with Crippen molar-refractivity contribution in [1.82, 2.24) is 0 Å². The zero-order valence-electron chi connectivity index (χ0n) is 14.1. The van der Waals surface area contributed by atoms with Gasteiger partial charge in [0.2, 0.25) is 0 Å². The number of rotatable bonds is 11. The van der Waals surface area contributed by atoms with Crippen LogP contribution < -0.4 is 5.73 Å². The predicted octanol–water partition coefficient (Wildman–Crippen LogP) is 3.36. The van der Waals surface area contributed by atoms with Crippen molar-refractivity contribution < 1.29 is 13.3 Å². The topological polar surface area (TPSA) is 53.7 Å². The summed E-state index contributed by atoms with van der Waals surface area (Å²) in [6.07, 6.45) is 3.08. The lowest BCUT2D eigenvalue weighted by Gasteiger charge is -2.38. The Morgan fingerprint density at radius 3 is 1.80 bits per heavy atom. The Labute approximate surface area is 126 Å².